The molecule has 1 rings (SSSR count). The lowest BCUT2D eigenvalue weighted by Crippen LogP contribution is -2.58. The van der Waals surface area contributed by atoms with E-state index >= 15 is 0 Å². The number of aliphatic carboxylic acids is 2. The molecular formula is C31H50N8O8. The lowest BCUT2D eigenvalue weighted by Gasteiger charge is -2.27. The monoisotopic (exact) mass is 662 g/mol. The van der Waals surface area contributed by atoms with Gasteiger partial charge >= 0.3 is 11.9 Å². The summed E-state index contributed by atoms with van der Waals surface area (Å²) in [5.74, 6) is -7.22. The molecule has 0 aromatic heterocycles. The summed E-state index contributed by atoms with van der Waals surface area (Å²) in [6, 6.07) is 3.84. The summed E-state index contributed by atoms with van der Waals surface area (Å²) in [6.07, 6.45) is 0.582. The molecule has 3 amide bonds. The molecule has 1 aromatic rings. The molecule has 0 spiro atoms. The van der Waals surface area contributed by atoms with Crippen LogP contribution in [0.25, 0.3) is 0 Å². The van der Waals surface area contributed by atoms with Gasteiger partial charge in [0.1, 0.15) is 12.1 Å². The van der Waals surface area contributed by atoms with Crippen molar-refractivity contribution in [1.82, 2.24) is 16.0 Å². The van der Waals surface area contributed by atoms with Gasteiger partial charge in [-0.15, -0.1) is 0 Å². The molecule has 0 bridgehead atoms. The second kappa shape index (κ2) is 21.3. The molecule has 47 heavy (non-hydrogen) atoms. The van der Waals surface area contributed by atoms with Crippen LogP contribution >= 0.6 is 0 Å². The summed E-state index contributed by atoms with van der Waals surface area (Å²) in [5.41, 5.74) is 22.8. The third kappa shape index (κ3) is 16.0. The molecular weight excluding hydrogens is 612 g/mol. The lowest BCUT2D eigenvalue weighted by atomic mass is 9.89. The predicted molar refractivity (Wildman–Crippen MR) is 175 cm³/mol. The minimum atomic E-state index is -1.61. The Morgan fingerprint density at radius 2 is 1.43 bits per heavy atom. The minimum absolute atomic E-state index is 0.0928. The van der Waals surface area contributed by atoms with Crippen LogP contribution in [-0.2, 0) is 35.2 Å². The summed E-state index contributed by atoms with van der Waals surface area (Å²) in [7, 11) is 0. The number of aliphatic imine (C=N–C) groups is 1. The Hall–Kier alpha value is -4.57. The number of nitrogens with zero attached hydrogens (tertiary/aromatic N) is 1. The number of carbonyl (C=O) groups excluding carboxylic acids is 4. The number of Topliss-reactive ketones (excluding diaryl/α,β-unsaturated/α-hetero) is 1. The van der Waals surface area contributed by atoms with Gasteiger partial charge in [-0.2, -0.15) is 0 Å². The second-order valence-electron chi connectivity index (χ2n) is 11.7. The van der Waals surface area contributed by atoms with Crippen molar-refractivity contribution in [3.05, 3.63) is 35.9 Å². The van der Waals surface area contributed by atoms with Gasteiger partial charge in [-0.25, -0.2) is 0 Å². The van der Waals surface area contributed by atoms with Crippen LogP contribution in [0.5, 0.6) is 0 Å². The van der Waals surface area contributed by atoms with E-state index in [1.807, 2.05) is 0 Å². The number of hydrogen-bond acceptors (Lipinski definition) is 9. The molecule has 13 N–H and O–H groups in total. The van der Waals surface area contributed by atoms with Gasteiger partial charge in [0.25, 0.3) is 0 Å². The van der Waals surface area contributed by atoms with Crippen LogP contribution in [0.2, 0.25) is 0 Å². The Kier molecular flexibility index (Phi) is 18.3. The molecule has 16 nitrogen and oxygen atoms in total. The van der Waals surface area contributed by atoms with Crippen LogP contribution in [0, 0.1) is 11.8 Å². The van der Waals surface area contributed by atoms with Gasteiger partial charge in [0, 0.05) is 13.0 Å². The minimum Gasteiger partial charge on any atom is -0.481 e. The molecule has 0 aliphatic heterocycles. The molecule has 0 unspecified atom stereocenters. The number of hydrogen-bond donors (Lipinski definition) is 9. The lowest BCUT2D eigenvalue weighted by molar-refractivity contribution is -0.144. The van der Waals surface area contributed by atoms with Gasteiger partial charge < -0.3 is 49.1 Å². The van der Waals surface area contributed by atoms with Crippen molar-refractivity contribution in [1.29, 1.82) is 0 Å². The van der Waals surface area contributed by atoms with Crippen molar-refractivity contribution in [3.8, 4) is 0 Å². The molecule has 0 heterocycles. The fourth-order valence-electron chi connectivity index (χ4n) is 4.74. The van der Waals surface area contributed by atoms with Gasteiger partial charge in [0.05, 0.1) is 24.4 Å². The van der Waals surface area contributed by atoms with E-state index in [1.54, 1.807) is 44.2 Å². The van der Waals surface area contributed by atoms with Gasteiger partial charge in [-0.3, -0.25) is 33.8 Å². The molecule has 16 heteroatoms. The van der Waals surface area contributed by atoms with Crippen molar-refractivity contribution in [2.24, 2.45) is 39.8 Å². The number of benzene rings is 1. The molecule has 0 saturated heterocycles. The van der Waals surface area contributed by atoms with Crippen molar-refractivity contribution in [2.45, 2.75) is 89.4 Å². The highest BCUT2D eigenvalue weighted by Crippen LogP contribution is 2.17. The number of unbranched alkanes of at least 4 members (excludes halogenated alkanes) is 1. The first-order valence-corrected chi connectivity index (χ1v) is 15.6. The van der Waals surface area contributed by atoms with Crippen LogP contribution in [0.4, 0.5) is 0 Å². The van der Waals surface area contributed by atoms with E-state index in [-0.39, 0.29) is 38.2 Å². The highest BCUT2D eigenvalue weighted by atomic mass is 16.4. The van der Waals surface area contributed by atoms with Gasteiger partial charge in [-0.05, 0) is 56.6 Å². The van der Waals surface area contributed by atoms with Crippen LogP contribution in [0.15, 0.2) is 35.3 Å². The summed E-state index contributed by atoms with van der Waals surface area (Å²) in [4.78, 5) is 80.2. The van der Waals surface area contributed by atoms with Gasteiger partial charge in [-0.1, -0.05) is 44.2 Å². The first-order chi connectivity index (χ1) is 22.2. The quantitative estimate of drug-likeness (QED) is 0.0387. The van der Waals surface area contributed by atoms with Crippen LogP contribution in [-0.4, -0.2) is 88.9 Å². The van der Waals surface area contributed by atoms with E-state index < -0.39 is 77.9 Å². The highest BCUT2D eigenvalue weighted by Gasteiger charge is 2.34. The van der Waals surface area contributed by atoms with E-state index in [2.05, 4.69) is 20.9 Å². The van der Waals surface area contributed by atoms with E-state index in [4.69, 9.17) is 22.9 Å². The van der Waals surface area contributed by atoms with Crippen molar-refractivity contribution >= 4 is 41.4 Å². The molecule has 0 fully saturated rings. The number of carbonyl (C=O) groups is 6. The maximum Gasteiger partial charge on any atom is 0.307 e. The number of carboxylic acids is 2. The van der Waals surface area contributed by atoms with Crippen molar-refractivity contribution < 1.29 is 39.0 Å². The first kappa shape index (κ1) is 40.5. The third-order valence-electron chi connectivity index (χ3n) is 7.33. The van der Waals surface area contributed by atoms with Crippen molar-refractivity contribution in [3.63, 3.8) is 0 Å². The Morgan fingerprint density at radius 3 is 1.98 bits per heavy atom. The first-order valence-electron chi connectivity index (χ1n) is 15.6. The topological polar surface area (TPSA) is 295 Å². The average molecular weight is 663 g/mol. The summed E-state index contributed by atoms with van der Waals surface area (Å²) < 4.78 is 0. The maximum absolute atomic E-state index is 13.3. The second-order valence-corrected chi connectivity index (χ2v) is 11.7. The zero-order chi connectivity index (χ0) is 35.5. The molecule has 0 radical (unpaired) electrons. The maximum atomic E-state index is 13.3. The van der Waals surface area contributed by atoms with E-state index in [9.17, 15) is 39.0 Å². The fourth-order valence-corrected chi connectivity index (χ4v) is 4.74. The van der Waals surface area contributed by atoms with Crippen molar-refractivity contribution in [2.75, 3.05) is 13.1 Å². The number of guanidine groups is 1. The number of nitrogens with two attached hydrogens (primary N) is 4. The largest absolute Gasteiger partial charge is 0.481 e. The molecule has 0 saturated carbocycles. The van der Waals surface area contributed by atoms with Crippen LogP contribution < -0.4 is 38.9 Å². The zero-order valence-electron chi connectivity index (χ0n) is 27.0. The Bertz CT molecular complexity index is 1220. The van der Waals surface area contributed by atoms with Crippen LogP contribution in [0.1, 0.15) is 64.4 Å². The number of amides is 3. The van der Waals surface area contributed by atoms with E-state index in [0.29, 0.717) is 25.8 Å². The summed E-state index contributed by atoms with van der Waals surface area (Å²) in [5, 5.41) is 26.7. The predicted octanol–water partition coefficient (Wildman–Crippen LogP) is -1.02. The molecule has 5 atom stereocenters. The summed E-state index contributed by atoms with van der Waals surface area (Å²) >= 11 is 0. The smallest absolute Gasteiger partial charge is 0.307 e. The highest BCUT2D eigenvalue weighted by molar-refractivity contribution is 5.97. The zero-order valence-corrected chi connectivity index (χ0v) is 27.0. The standard InChI is InChI=1S/C31H50N8O8/c1-18(2)26(24(40)16-20(30(46)47)15-19-9-4-3-5-10-19)39-29(45)23(17-25(41)42)38-28(44)22(12-6-7-13-32)37-27(43)21(33)11-8-14-36-31(34)35/h3-5,9-10,18,20-23,26H,6-8,11-17,32-33H2,1-2H3,(H,37,43)(H,38,44)(H,39,45)(H,41,42)(H,46,47)(H4,34,35,36)/t20-,21-,22+,23-,26-/m0/s1. The Morgan fingerprint density at radius 1 is 0.809 bits per heavy atom. The van der Waals surface area contributed by atoms with Gasteiger partial charge in [0.15, 0.2) is 11.7 Å². The number of carboxylic acid groups (broad SMARTS) is 2. The van der Waals surface area contributed by atoms with Crippen LogP contribution in [0.3, 0.4) is 0 Å². The molecule has 262 valence electrons. The molecule has 0 aliphatic rings. The van der Waals surface area contributed by atoms with E-state index in [0.717, 1.165) is 5.56 Å². The Labute approximate surface area is 274 Å². The SMILES string of the molecule is CC(C)[C@H](NC(=O)[C@H](CC(=O)O)NC(=O)[C@@H](CCCCN)NC(=O)[C@@H](N)CCCN=C(N)N)C(=O)C[C@H](Cc1ccccc1)C(=O)O. The fraction of sp³-hybridized carbons (Fsp3) is 0.581. The Balaban J connectivity index is 3.06. The normalized spacial score (nSPS) is 14.1. The molecule has 1 aromatic carbocycles. The number of ketones is 1. The molecule has 0 aliphatic carbocycles. The third-order valence-corrected chi connectivity index (χ3v) is 7.33. The van der Waals surface area contributed by atoms with E-state index in [1.165, 1.54) is 0 Å². The number of nitrogens with one attached hydrogen (secondary N) is 3. The van der Waals surface area contributed by atoms with Gasteiger partial charge in [0.2, 0.25) is 17.7 Å². The average Bonchev–Trinajstić information content (AvgIpc) is 3.00. The number of rotatable bonds is 23. The summed E-state index contributed by atoms with van der Waals surface area (Å²) in [6.45, 7) is 3.86.